The molecular weight excluding hydrogens is 484 g/mol. The molecule has 1 heterocycles. The number of carbonyl (C=O) groups is 2. The first-order chi connectivity index (χ1) is 17.7. The Labute approximate surface area is 226 Å². The highest BCUT2D eigenvalue weighted by Crippen LogP contribution is 2.36. The average molecular weight is 523 g/mol. The zero-order chi connectivity index (χ0) is 25.2. The Bertz CT molecular complexity index is 1150. The lowest BCUT2D eigenvalue weighted by Gasteiger charge is -2.28. The summed E-state index contributed by atoms with van der Waals surface area (Å²) in [5.41, 5.74) is 8.86. The summed E-state index contributed by atoms with van der Waals surface area (Å²) in [5, 5.41) is 8.66. The maximum absolute atomic E-state index is 13.3. The number of nitrogens with zero attached hydrogens (tertiary/aromatic N) is 1. The minimum absolute atomic E-state index is 0. The van der Waals surface area contributed by atoms with Crippen LogP contribution in [0.25, 0.3) is 21.9 Å². The second kappa shape index (κ2) is 14.8. The molecule has 0 saturated heterocycles. The predicted octanol–water partition coefficient (Wildman–Crippen LogP) is 5.00. The lowest BCUT2D eigenvalue weighted by molar-refractivity contribution is 0.0608. The molecule has 4 N–H and O–H groups in total. The first kappa shape index (κ1) is 28.8. The Morgan fingerprint density at radius 2 is 1.19 bits per heavy atom. The highest BCUT2D eigenvalue weighted by molar-refractivity contribution is 6.26. The van der Waals surface area contributed by atoms with Gasteiger partial charge >= 0.3 is 0 Å². The third-order valence-corrected chi connectivity index (χ3v) is 6.83. The molecule has 1 aliphatic rings. The third-order valence-electron chi connectivity index (χ3n) is 6.83. The van der Waals surface area contributed by atoms with Gasteiger partial charge in [-0.15, -0.1) is 12.4 Å². The van der Waals surface area contributed by atoms with E-state index in [4.69, 9.17) is 5.73 Å². The van der Waals surface area contributed by atoms with Crippen LogP contribution in [0, 0.1) is 0 Å². The maximum Gasteiger partial charge on any atom is 0.261 e. The number of nitrogens with two attached hydrogens (primary N) is 1. The SMILES string of the molecule is Cl.NCCCCNCCCCNCCCCN1C(=O)c2cccc3c(-c4ccccc4)ccc(c23)C1=O. The van der Waals surface area contributed by atoms with Gasteiger partial charge in [0, 0.05) is 23.1 Å². The van der Waals surface area contributed by atoms with Crippen molar-refractivity contribution < 1.29 is 9.59 Å². The zero-order valence-electron chi connectivity index (χ0n) is 21.5. The van der Waals surface area contributed by atoms with E-state index in [1.54, 1.807) is 0 Å². The number of nitrogens with one attached hydrogen (secondary N) is 2. The van der Waals surface area contributed by atoms with Crippen molar-refractivity contribution in [2.45, 2.75) is 38.5 Å². The summed E-state index contributed by atoms with van der Waals surface area (Å²) < 4.78 is 0. The molecule has 0 saturated carbocycles. The summed E-state index contributed by atoms with van der Waals surface area (Å²) in [5.74, 6) is -0.370. The van der Waals surface area contributed by atoms with Crippen molar-refractivity contribution in [3.8, 4) is 11.1 Å². The number of amides is 2. The van der Waals surface area contributed by atoms with Crippen molar-refractivity contribution in [2.24, 2.45) is 5.73 Å². The van der Waals surface area contributed by atoms with Crippen LogP contribution in [0.15, 0.2) is 60.7 Å². The second-order valence-electron chi connectivity index (χ2n) is 9.43. The predicted molar refractivity (Wildman–Crippen MR) is 154 cm³/mol. The van der Waals surface area contributed by atoms with Crippen LogP contribution in [0.2, 0.25) is 0 Å². The molecule has 4 rings (SSSR count). The highest BCUT2D eigenvalue weighted by Gasteiger charge is 2.32. The summed E-state index contributed by atoms with van der Waals surface area (Å²) in [4.78, 5) is 28.0. The van der Waals surface area contributed by atoms with Gasteiger partial charge in [-0.1, -0.05) is 48.5 Å². The molecule has 198 valence electrons. The molecule has 3 aromatic carbocycles. The van der Waals surface area contributed by atoms with Crippen LogP contribution < -0.4 is 16.4 Å². The van der Waals surface area contributed by atoms with Crippen LogP contribution in [0.3, 0.4) is 0 Å². The Morgan fingerprint density at radius 3 is 1.84 bits per heavy atom. The highest BCUT2D eigenvalue weighted by atomic mass is 35.5. The normalized spacial score (nSPS) is 12.7. The number of hydrogen-bond acceptors (Lipinski definition) is 5. The Kier molecular flexibility index (Phi) is 11.5. The first-order valence-corrected chi connectivity index (χ1v) is 13.3. The third kappa shape index (κ3) is 7.17. The monoisotopic (exact) mass is 522 g/mol. The van der Waals surface area contributed by atoms with Crippen LogP contribution >= 0.6 is 12.4 Å². The largest absolute Gasteiger partial charge is 0.330 e. The summed E-state index contributed by atoms with van der Waals surface area (Å²) in [6, 6.07) is 19.7. The molecule has 0 fully saturated rings. The van der Waals surface area contributed by atoms with E-state index in [1.165, 1.54) is 4.90 Å². The van der Waals surface area contributed by atoms with Crippen LogP contribution in [-0.4, -0.2) is 56.0 Å². The number of halogens is 1. The lowest BCUT2D eigenvalue weighted by atomic mass is 9.89. The van der Waals surface area contributed by atoms with E-state index in [0.717, 1.165) is 93.1 Å². The van der Waals surface area contributed by atoms with E-state index < -0.39 is 0 Å². The van der Waals surface area contributed by atoms with E-state index in [-0.39, 0.29) is 24.2 Å². The standard InChI is InChI=1S/C30H38N4O2.ClH/c31-17-4-5-18-32-19-6-7-20-33-21-8-9-22-34-29(35)26-14-10-13-25-24(23-11-2-1-3-12-23)15-16-27(28(25)26)30(34)36;/h1-3,10-16,32-33H,4-9,17-22,31H2;1H. The summed E-state index contributed by atoms with van der Waals surface area (Å²) in [6.07, 6.45) is 6.24. The Hall–Kier alpha value is -2.77. The lowest BCUT2D eigenvalue weighted by Crippen LogP contribution is -2.41. The van der Waals surface area contributed by atoms with Crippen molar-refractivity contribution in [1.82, 2.24) is 15.5 Å². The van der Waals surface area contributed by atoms with Gasteiger partial charge in [0.15, 0.2) is 0 Å². The van der Waals surface area contributed by atoms with Gasteiger partial charge in [-0.3, -0.25) is 14.5 Å². The van der Waals surface area contributed by atoms with E-state index in [2.05, 4.69) is 22.8 Å². The fourth-order valence-corrected chi connectivity index (χ4v) is 4.88. The van der Waals surface area contributed by atoms with Gasteiger partial charge in [0.25, 0.3) is 11.8 Å². The van der Waals surface area contributed by atoms with Crippen LogP contribution in [0.5, 0.6) is 0 Å². The van der Waals surface area contributed by atoms with Crippen LogP contribution in [0.1, 0.15) is 59.2 Å². The molecule has 0 spiro atoms. The maximum atomic E-state index is 13.3. The van der Waals surface area contributed by atoms with Gasteiger partial charge in [0.05, 0.1) is 0 Å². The van der Waals surface area contributed by atoms with Crippen molar-refractivity contribution in [3.63, 3.8) is 0 Å². The molecule has 6 nitrogen and oxygen atoms in total. The molecule has 0 aromatic heterocycles. The molecule has 0 unspecified atom stereocenters. The molecule has 0 bridgehead atoms. The van der Waals surface area contributed by atoms with Gasteiger partial charge in [-0.25, -0.2) is 0 Å². The van der Waals surface area contributed by atoms with Crippen LogP contribution in [-0.2, 0) is 0 Å². The molecule has 7 heteroatoms. The minimum Gasteiger partial charge on any atom is -0.330 e. The quantitative estimate of drug-likeness (QED) is 0.193. The topological polar surface area (TPSA) is 87.5 Å². The molecule has 0 aliphatic carbocycles. The van der Waals surface area contributed by atoms with Gasteiger partial charge in [-0.2, -0.15) is 0 Å². The van der Waals surface area contributed by atoms with Crippen molar-refractivity contribution in [1.29, 1.82) is 0 Å². The van der Waals surface area contributed by atoms with Crippen LogP contribution in [0.4, 0.5) is 0 Å². The molecule has 0 atom stereocenters. The smallest absolute Gasteiger partial charge is 0.261 e. The van der Waals surface area contributed by atoms with E-state index in [9.17, 15) is 9.59 Å². The molecule has 3 aromatic rings. The molecule has 2 amide bonds. The molecule has 1 aliphatic heterocycles. The zero-order valence-corrected chi connectivity index (χ0v) is 22.3. The minimum atomic E-state index is -0.185. The van der Waals surface area contributed by atoms with E-state index in [0.29, 0.717) is 17.7 Å². The Balaban J connectivity index is 0.00000380. The number of benzene rings is 3. The Morgan fingerprint density at radius 1 is 0.622 bits per heavy atom. The fourth-order valence-electron chi connectivity index (χ4n) is 4.88. The number of hydrogen-bond donors (Lipinski definition) is 3. The number of carbonyl (C=O) groups excluding carboxylic acids is 2. The van der Waals surface area contributed by atoms with Gasteiger partial charge < -0.3 is 16.4 Å². The second-order valence-corrected chi connectivity index (χ2v) is 9.43. The molecular formula is C30H39ClN4O2. The van der Waals surface area contributed by atoms with Gasteiger partial charge in [-0.05, 0) is 99.9 Å². The number of unbranched alkanes of at least 4 members (excludes halogenated alkanes) is 3. The first-order valence-electron chi connectivity index (χ1n) is 13.3. The van der Waals surface area contributed by atoms with Crippen molar-refractivity contribution >= 4 is 35.0 Å². The number of imide groups is 1. The summed E-state index contributed by atoms with van der Waals surface area (Å²) in [7, 11) is 0. The van der Waals surface area contributed by atoms with Gasteiger partial charge in [0.1, 0.15) is 0 Å². The van der Waals surface area contributed by atoms with E-state index in [1.807, 2.05) is 48.5 Å². The van der Waals surface area contributed by atoms with Crippen molar-refractivity contribution in [2.75, 3.05) is 39.3 Å². The average Bonchev–Trinajstić information content (AvgIpc) is 2.91. The summed E-state index contributed by atoms with van der Waals surface area (Å²) >= 11 is 0. The molecule has 37 heavy (non-hydrogen) atoms. The van der Waals surface area contributed by atoms with Gasteiger partial charge in [0.2, 0.25) is 0 Å². The number of rotatable bonds is 15. The van der Waals surface area contributed by atoms with Crippen molar-refractivity contribution in [3.05, 3.63) is 71.8 Å². The molecule has 0 radical (unpaired) electrons. The fraction of sp³-hybridized carbons (Fsp3) is 0.400. The summed E-state index contributed by atoms with van der Waals surface area (Å²) in [6.45, 7) is 5.20. The van der Waals surface area contributed by atoms with E-state index >= 15 is 0 Å².